The topological polar surface area (TPSA) is 121 Å². The van der Waals surface area contributed by atoms with Crippen molar-refractivity contribution >= 4 is 49.2 Å². The highest BCUT2D eigenvalue weighted by Gasteiger charge is 2.50. The fraction of sp³-hybridized carbons (Fsp3) is 0.514. The molecule has 0 saturated carbocycles. The van der Waals surface area contributed by atoms with E-state index in [2.05, 4.69) is 9.97 Å². The van der Waals surface area contributed by atoms with Crippen LogP contribution in [-0.2, 0) is 10.9 Å². The van der Waals surface area contributed by atoms with Crippen LogP contribution in [0.15, 0.2) is 18.2 Å². The number of rotatable bonds is 5. The maximum atomic E-state index is 17.2. The van der Waals surface area contributed by atoms with Gasteiger partial charge in [-0.25, -0.2) is 18.0 Å². The Balaban J connectivity index is 1.30. The van der Waals surface area contributed by atoms with E-state index in [1.807, 2.05) is 11.0 Å². The summed E-state index contributed by atoms with van der Waals surface area (Å²) in [5.74, 6) is -2.23. The molecule has 2 aromatic carbocycles. The smallest absolute Gasteiger partial charge is 0.417 e. The molecule has 4 aliphatic heterocycles. The zero-order valence-corrected chi connectivity index (χ0v) is 30.5. The molecule has 4 fully saturated rings. The lowest BCUT2D eigenvalue weighted by molar-refractivity contribution is -0.137. The van der Waals surface area contributed by atoms with Crippen LogP contribution < -0.4 is 15.4 Å². The van der Waals surface area contributed by atoms with Crippen molar-refractivity contribution in [3.8, 4) is 23.2 Å². The zero-order chi connectivity index (χ0) is 38.5. The number of nitriles is 1. The minimum Gasteiger partial charge on any atom is -0.461 e. The number of nitrogen functional groups attached to an aromatic ring is 1. The van der Waals surface area contributed by atoms with Crippen molar-refractivity contribution in [2.75, 3.05) is 43.4 Å². The molecule has 4 aliphatic rings. The minimum atomic E-state index is -5.13. The Kier molecular flexibility index (Phi) is 8.60. The summed E-state index contributed by atoms with van der Waals surface area (Å²) >= 11 is 0.679. The molecule has 2 aromatic heterocycles. The first-order valence-electron chi connectivity index (χ1n) is 17.8. The number of nitrogens with two attached hydrogens (primary N) is 1. The molecule has 17 heteroatoms. The Labute approximate surface area is 310 Å². The number of halogens is 6. The largest absolute Gasteiger partial charge is 0.461 e. The summed E-state index contributed by atoms with van der Waals surface area (Å²) in [5.41, 5.74) is 1.14. The van der Waals surface area contributed by atoms with E-state index < -0.39 is 57.9 Å². The van der Waals surface area contributed by atoms with Gasteiger partial charge in [-0.2, -0.15) is 28.4 Å². The van der Waals surface area contributed by atoms with Crippen LogP contribution in [0.25, 0.3) is 32.1 Å². The lowest BCUT2D eigenvalue weighted by atomic mass is 9.92. The molecule has 2 bridgehead atoms. The lowest BCUT2D eigenvalue weighted by Crippen LogP contribution is -2.57. The number of amides is 1. The van der Waals surface area contributed by atoms with Gasteiger partial charge >= 0.3 is 18.3 Å². The second-order valence-corrected chi connectivity index (χ2v) is 16.7. The third-order valence-electron chi connectivity index (χ3n) is 11.0. The molecule has 2 N–H and O–H groups in total. The molecule has 4 aromatic rings. The van der Waals surface area contributed by atoms with Gasteiger partial charge in [0.15, 0.2) is 5.82 Å². The lowest BCUT2D eigenvalue weighted by Gasteiger charge is -2.42. The van der Waals surface area contributed by atoms with Crippen LogP contribution >= 0.6 is 11.3 Å². The Morgan fingerprint density at radius 1 is 1.13 bits per heavy atom. The highest BCUT2D eigenvalue weighted by molar-refractivity contribution is 7.23. The first kappa shape index (κ1) is 36.4. The summed E-state index contributed by atoms with van der Waals surface area (Å²) < 4.78 is 104. The molecule has 6 heterocycles. The van der Waals surface area contributed by atoms with Crippen molar-refractivity contribution in [1.29, 1.82) is 5.26 Å². The Bertz CT molecular complexity index is 2220. The van der Waals surface area contributed by atoms with Gasteiger partial charge in [-0.1, -0.05) is 6.07 Å². The number of anilines is 2. The van der Waals surface area contributed by atoms with Gasteiger partial charge < -0.3 is 20.1 Å². The molecule has 3 unspecified atom stereocenters. The Morgan fingerprint density at radius 3 is 2.52 bits per heavy atom. The Hall–Kier alpha value is -4.56. The molecule has 1 amide bonds. The number of piperazine rings is 1. The van der Waals surface area contributed by atoms with Gasteiger partial charge in [-0.15, -0.1) is 11.3 Å². The van der Waals surface area contributed by atoms with E-state index in [9.17, 15) is 18.8 Å². The van der Waals surface area contributed by atoms with Crippen LogP contribution in [0.5, 0.6) is 6.01 Å². The van der Waals surface area contributed by atoms with Crippen molar-refractivity contribution in [3.05, 3.63) is 41.0 Å². The van der Waals surface area contributed by atoms with Gasteiger partial charge in [0.2, 0.25) is 0 Å². The van der Waals surface area contributed by atoms with Crippen molar-refractivity contribution < 1.29 is 40.6 Å². The van der Waals surface area contributed by atoms with Gasteiger partial charge in [0, 0.05) is 42.4 Å². The second kappa shape index (κ2) is 12.8. The molecule has 0 spiro atoms. The van der Waals surface area contributed by atoms with E-state index in [0.29, 0.717) is 37.1 Å². The summed E-state index contributed by atoms with van der Waals surface area (Å²) in [6.07, 6.45) is -3.77. The van der Waals surface area contributed by atoms with Crippen LogP contribution in [0.2, 0.25) is 0 Å². The van der Waals surface area contributed by atoms with E-state index in [1.165, 1.54) is 0 Å². The molecule has 4 atom stereocenters. The number of ether oxygens (including phenoxy) is 2. The molecule has 4 saturated heterocycles. The molecule has 10 nitrogen and oxygen atoms in total. The molecule has 54 heavy (non-hydrogen) atoms. The number of aromatic nitrogens is 2. The van der Waals surface area contributed by atoms with E-state index in [4.69, 9.17) is 15.2 Å². The van der Waals surface area contributed by atoms with Crippen molar-refractivity contribution in [2.45, 2.75) is 88.4 Å². The Morgan fingerprint density at radius 2 is 1.85 bits per heavy atom. The van der Waals surface area contributed by atoms with Crippen molar-refractivity contribution in [2.24, 2.45) is 0 Å². The van der Waals surface area contributed by atoms with E-state index in [0.717, 1.165) is 24.6 Å². The zero-order valence-electron chi connectivity index (χ0n) is 29.7. The van der Waals surface area contributed by atoms with E-state index in [-0.39, 0.29) is 88.2 Å². The fourth-order valence-electron chi connectivity index (χ4n) is 8.83. The first-order valence-corrected chi connectivity index (χ1v) is 18.6. The van der Waals surface area contributed by atoms with E-state index >= 15 is 17.6 Å². The van der Waals surface area contributed by atoms with Gasteiger partial charge in [0.1, 0.15) is 46.6 Å². The minimum absolute atomic E-state index is 0.0241. The molecule has 0 radical (unpaired) electrons. The predicted molar refractivity (Wildman–Crippen MR) is 190 cm³/mol. The number of nitrogens with zero attached hydrogens (tertiary/aromatic N) is 6. The third kappa shape index (κ3) is 6.01. The number of thiophene rings is 1. The van der Waals surface area contributed by atoms with Gasteiger partial charge in [0.25, 0.3) is 0 Å². The van der Waals surface area contributed by atoms with Gasteiger partial charge in [-0.05, 0) is 70.7 Å². The highest BCUT2D eigenvalue weighted by atomic mass is 32.1. The summed E-state index contributed by atoms with van der Waals surface area (Å²) in [6.45, 7) is 6.50. The monoisotopic (exact) mass is 773 g/mol. The maximum absolute atomic E-state index is 17.2. The van der Waals surface area contributed by atoms with Gasteiger partial charge in [0.05, 0.1) is 33.4 Å². The normalized spacial score (nSPS) is 24.4. The molecular weight excluding hydrogens is 737 g/mol. The van der Waals surface area contributed by atoms with Crippen LogP contribution in [0.4, 0.5) is 42.0 Å². The average Bonchev–Trinajstić information content (AvgIpc) is 3.80. The number of alkyl halides is 4. The number of hydrogen-bond donors (Lipinski definition) is 1. The van der Waals surface area contributed by atoms with Crippen LogP contribution in [-0.4, -0.2) is 88.0 Å². The molecule has 0 aliphatic carbocycles. The number of carbonyl (C=O) groups excluding carboxylic acids is 1. The number of fused-ring (bicyclic) bond motifs is 5. The quantitative estimate of drug-likeness (QED) is 0.203. The van der Waals surface area contributed by atoms with Crippen molar-refractivity contribution in [1.82, 2.24) is 19.8 Å². The standard InChI is InChI=1S/C37H37F6N7O3S/c1-35(2,3)53-34(51)50-19-5-6-20(50)16-48(15-19)32-22-11-24(37(41,42)43)27(21-7-8-25(39)30-26(21)23(13-44)31(45)54-30)28(40)29(22)46-33(47-32)52-17-36-9-4-10-49(36)14-18(38)12-36/h7-8,11,18-20H,4-6,9-10,12,14-17,45H2,1-3H3/t18-,19?,20?,36?/m1/s1. The fourth-order valence-corrected chi connectivity index (χ4v) is 9.78. The third-order valence-corrected chi connectivity index (χ3v) is 12.0. The first-order chi connectivity index (χ1) is 25.5. The molecule has 8 rings (SSSR count). The van der Waals surface area contributed by atoms with E-state index in [1.54, 1.807) is 30.6 Å². The number of hydrogen-bond acceptors (Lipinski definition) is 10. The SMILES string of the molecule is CC(C)(C)OC(=O)N1C2CCC1CN(c1nc(OCC34CCCN3C[C@H](F)C4)nc3c(F)c(-c4ccc(F)c5sc(N)c(C#N)c45)c(C(F)(F)F)cc13)C2. The van der Waals surface area contributed by atoms with Crippen LogP contribution in [0.1, 0.15) is 64.0 Å². The maximum Gasteiger partial charge on any atom is 0.417 e. The number of benzene rings is 2. The van der Waals surface area contributed by atoms with Crippen LogP contribution in [0, 0.1) is 23.0 Å². The van der Waals surface area contributed by atoms with Crippen LogP contribution in [0.3, 0.4) is 0 Å². The number of carbonyl (C=O) groups is 1. The summed E-state index contributed by atoms with van der Waals surface area (Å²) in [5, 5.41) is 9.25. The predicted octanol–water partition coefficient (Wildman–Crippen LogP) is 7.81. The summed E-state index contributed by atoms with van der Waals surface area (Å²) in [7, 11) is 0. The van der Waals surface area contributed by atoms with Crippen molar-refractivity contribution in [3.63, 3.8) is 0 Å². The molecular formula is C37H37F6N7O3S. The highest BCUT2D eigenvalue weighted by Crippen LogP contribution is 2.49. The average molecular weight is 774 g/mol. The summed E-state index contributed by atoms with van der Waals surface area (Å²) in [4.78, 5) is 27.6. The second-order valence-electron chi connectivity index (χ2n) is 15.6. The molecule has 286 valence electrons. The van der Waals surface area contributed by atoms with Gasteiger partial charge in [-0.3, -0.25) is 9.80 Å². The summed E-state index contributed by atoms with van der Waals surface area (Å²) in [6, 6.07) is 3.46.